The molecule has 1 unspecified atom stereocenters. The molecule has 2 nitrogen and oxygen atoms in total. The monoisotopic (exact) mass is 295 g/mol. The molecule has 0 aliphatic heterocycles. The summed E-state index contributed by atoms with van der Waals surface area (Å²) in [5.74, 6) is 1.85. The lowest BCUT2D eigenvalue weighted by atomic mass is 9.65. The quantitative estimate of drug-likeness (QED) is 0.761. The maximum atomic E-state index is 12.6. The van der Waals surface area contributed by atoms with E-state index in [1.165, 1.54) is 25.7 Å². The van der Waals surface area contributed by atoms with Gasteiger partial charge in [0.2, 0.25) is 0 Å². The van der Waals surface area contributed by atoms with Crippen LogP contribution in [0.1, 0.15) is 80.6 Å². The lowest BCUT2D eigenvalue weighted by Gasteiger charge is -2.41. The molecule has 21 heavy (non-hydrogen) atoms. The van der Waals surface area contributed by atoms with Crippen molar-refractivity contribution in [2.45, 2.75) is 86.6 Å². The minimum Gasteiger partial charge on any atom is -0.308 e. The van der Waals surface area contributed by atoms with Crippen molar-refractivity contribution in [2.75, 3.05) is 6.54 Å². The second kappa shape index (κ2) is 7.26. The Kier molecular flexibility index (Phi) is 6.46. The molecule has 2 heteroatoms. The van der Waals surface area contributed by atoms with E-state index in [-0.39, 0.29) is 11.5 Å². The topological polar surface area (TPSA) is 29.1 Å². The number of carbonyl (C=O) groups is 1. The van der Waals surface area contributed by atoms with Crippen molar-refractivity contribution >= 4 is 5.78 Å². The molecule has 1 N–H and O–H groups in total. The molecule has 124 valence electrons. The van der Waals surface area contributed by atoms with Gasteiger partial charge < -0.3 is 5.32 Å². The Balaban J connectivity index is 2.61. The van der Waals surface area contributed by atoms with Gasteiger partial charge in [-0.15, -0.1) is 0 Å². The summed E-state index contributed by atoms with van der Waals surface area (Å²) in [6.07, 6.45) is 6.23. The van der Waals surface area contributed by atoms with Crippen LogP contribution in [-0.4, -0.2) is 18.4 Å². The molecule has 0 heterocycles. The molecule has 1 rings (SSSR count). The first kappa shape index (κ1) is 18.7. The Morgan fingerprint density at radius 3 is 2.14 bits per heavy atom. The summed E-state index contributed by atoms with van der Waals surface area (Å²) in [7, 11) is 0. The highest BCUT2D eigenvalue weighted by Gasteiger charge is 2.36. The molecule has 1 saturated carbocycles. The third-order valence-corrected chi connectivity index (χ3v) is 5.72. The third-order valence-electron chi connectivity index (χ3n) is 5.72. The van der Waals surface area contributed by atoms with Crippen LogP contribution in [-0.2, 0) is 4.79 Å². The van der Waals surface area contributed by atoms with Crippen molar-refractivity contribution in [3.05, 3.63) is 0 Å². The average molecular weight is 296 g/mol. The first-order valence-corrected chi connectivity index (χ1v) is 8.88. The maximum Gasteiger partial charge on any atom is 0.155 e. The van der Waals surface area contributed by atoms with Crippen LogP contribution in [0.15, 0.2) is 0 Å². The van der Waals surface area contributed by atoms with Crippen molar-refractivity contribution in [1.29, 1.82) is 0 Å². The Hall–Kier alpha value is -0.370. The van der Waals surface area contributed by atoms with Crippen LogP contribution in [0.2, 0.25) is 0 Å². The summed E-state index contributed by atoms with van der Waals surface area (Å²) in [6.45, 7) is 16.2. The summed E-state index contributed by atoms with van der Waals surface area (Å²) >= 11 is 0. The first-order valence-electron chi connectivity index (χ1n) is 8.88. The van der Waals surface area contributed by atoms with Gasteiger partial charge in [0, 0.05) is 5.41 Å². The normalized spacial score (nSPS) is 28.7. The van der Waals surface area contributed by atoms with Crippen molar-refractivity contribution in [2.24, 2.45) is 22.7 Å². The zero-order valence-corrected chi connectivity index (χ0v) is 15.4. The number of ketones is 1. The molecule has 0 aromatic carbocycles. The Labute approximate surface area is 132 Å². The fourth-order valence-corrected chi connectivity index (χ4v) is 3.54. The minimum atomic E-state index is -0.242. The second-order valence-corrected chi connectivity index (χ2v) is 8.71. The summed E-state index contributed by atoms with van der Waals surface area (Å²) in [5.41, 5.74) is 0.270. The Morgan fingerprint density at radius 1 is 1.24 bits per heavy atom. The van der Waals surface area contributed by atoms with E-state index in [1.807, 2.05) is 20.8 Å². The molecule has 1 aliphatic carbocycles. The van der Waals surface area contributed by atoms with Gasteiger partial charge in [-0.2, -0.15) is 0 Å². The van der Waals surface area contributed by atoms with Gasteiger partial charge >= 0.3 is 0 Å². The predicted octanol–water partition coefficient (Wildman–Crippen LogP) is 4.82. The highest BCUT2D eigenvalue weighted by atomic mass is 16.1. The number of likely N-dealkylation sites (N-methyl/N-ethyl adjacent to an activating group) is 1. The minimum absolute atomic E-state index is 0.0448. The largest absolute Gasteiger partial charge is 0.308 e. The van der Waals surface area contributed by atoms with E-state index in [0.29, 0.717) is 17.1 Å². The standard InChI is InChI=1S/C19H37NO/c1-8-20-16(17(21)18(4,5)6)13-15-9-11-19(7,12-10-15)14(2)3/h14-16,20H,8-13H2,1-7H3. The molecule has 1 fully saturated rings. The van der Waals surface area contributed by atoms with Crippen molar-refractivity contribution in [3.8, 4) is 0 Å². The van der Waals surface area contributed by atoms with Crippen molar-refractivity contribution in [1.82, 2.24) is 5.32 Å². The number of hydrogen-bond acceptors (Lipinski definition) is 2. The molecule has 0 aromatic heterocycles. The third kappa shape index (κ3) is 5.09. The van der Waals surface area contributed by atoms with E-state index < -0.39 is 0 Å². The molecule has 1 aliphatic rings. The molecule has 0 aromatic rings. The Morgan fingerprint density at radius 2 is 1.76 bits per heavy atom. The van der Waals surface area contributed by atoms with E-state index in [9.17, 15) is 4.79 Å². The van der Waals surface area contributed by atoms with Crippen LogP contribution < -0.4 is 5.32 Å². The van der Waals surface area contributed by atoms with E-state index in [4.69, 9.17) is 0 Å². The van der Waals surface area contributed by atoms with Gasteiger partial charge in [0.25, 0.3) is 0 Å². The summed E-state index contributed by atoms with van der Waals surface area (Å²) < 4.78 is 0. The molecular weight excluding hydrogens is 258 g/mol. The number of Topliss-reactive ketones (excluding diaryl/α,β-unsaturated/α-hetero) is 1. The van der Waals surface area contributed by atoms with E-state index in [0.717, 1.165) is 18.9 Å². The zero-order valence-electron chi connectivity index (χ0n) is 15.4. The molecule has 0 saturated heterocycles. The first-order chi connectivity index (χ1) is 9.60. The highest BCUT2D eigenvalue weighted by Crippen LogP contribution is 2.45. The second-order valence-electron chi connectivity index (χ2n) is 8.71. The van der Waals surface area contributed by atoms with Crippen molar-refractivity contribution < 1.29 is 4.79 Å². The summed E-state index contributed by atoms with van der Waals surface area (Å²) in [4.78, 5) is 12.6. The van der Waals surface area contributed by atoms with Crippen LogP contribution in [0.4, 0.5) is 0 Å². The van der Waals surface area contributed by atoms with Gasteiger partial charge in [-0.05, 0) is 55.9 Å². The van der Waals surface area contributed by atoms with Gasteiger partial charge in [0.1, 0.15) is 0 Å². The Bertz CT molecular complexity index is 332. The van der Waals surface area contributed by atoms with Crippen LogP contribution in [0.25, 0.3) is 0 Å². The van der Waals surface area contributed by atoms with Gasteiger partial charge in [-0.3, -0.25) is 4.79 Å². The summed E-state index contributed by atoms with van der Waals surface area (Å²) in [6, 6.07) is 0.0448. The highest BCUT2D eigenvalue weighted by molar-refractivity contribution is 5.88. The molecule has 0 amide bonds. The van der Waals surface area contributed by atoms with E-state index in [2.05, 4.69) is 33.0 Å². The molecular formula is C19H37NO. The van der Waals surface area contributed by atoms with Crippen LogP contribution >= 0.6 is 0 Å². The van der Waals surface area contributed by atoms with Crippen LogP contribution in [0, 0.1) is 22.7 Å². The fraction of sp³-hybridized carbons (Fsp3) is 0.947. The van der Waals surface area contributed by atoms with Crippen molar-refractivity contribution in [3.63, 3.8) is 0 Å². The van der Waals surface area contributed by atoms with Crippen LogP contribution in [0.3, 0.4) is 0 Å². The number of nitrogens with one attached hydrogen (secondary N) is 1. The average Bonchev–Trinajstić information content (AvgIpc) is 2.38. The summed E-state index contributed by atoms with van der Waals surface area (Å²) in [5, 5.41) is 3.43. The fourth-order valence-electron chi connectivity index (χ4n) is 3.54. The molecule has 0 bridgehead atoms. The SMILES string of the molecule is CCNC(CC1CCC(C)(C(C)C)CC1)C(=O)C(C)(C)C. The number of carbonyl (C=O) groups excluding carboxylic acids is 1. The van der Waals surface area contributed by atoms with Gasteiger partial charge in [-0.1, -0.05) is 48.5 Å². The number of rotatable bonds is 6. The predicted molar refractivity (Wildman–Crippen MR) is 91.4 cm³/mol. The lowest BCUT2D eigenvalue weighted by molar-refractivity contribution is -0.129. The maximum absolute atomic E-state index is 12.6. The molecule has 0 radical (unpaired) electrons. The van der Waals surface area contributed by atoms with E-state index in [1.54, 1.807) is 0 Å². The zero-order chi connectivity index (χ0) is 16.3. The van der Waals surface area contributed by atoms with Gasteiger partial charge in [-0.25, -0.2) is 0 Å². The van der Waals surface area contributed by atoms with E-state index >= 15 is 0 Å². The van der Waals surface area contributed by atoms with Gasteiger partial charge in [0.05, 0.1) is 6.04 Å². The molecule has 1 atom stereocenters. The lowest BCUT2D eigenvalue weighted by Crippen LogP contribution is -2.44. The molecule has 0 spiro atoms. The van der Waals surface area contributed by atoms with Crippen LogP contribution in [0.5, 0.6) is 0 Å². The smallest absolute Gasteiger partial charge is 0.155 e. The van der Waals surface area contributed by atoms with Gasteiger partial charge in [0.15, 0.2) is 5.78 Å². The number of hydrogen-bond donors (Lipinski definition) is 1.